The van der Waals surface area contributed by atoms with E-state index in [1.807, 2.05) is 12.4 Å². The molecule has 20 heavy (non-hydrogen) atoms. The summed E-state index contributed by atoms with van der Waals surface area (Å²) in [5, 5.41) is 4.98. The van der Waals surface area contributed by atoms with E-state index in [-0.39, 0.29) is 6.04 Å². The van der Waals surface area contributed by atoms with E-state index in [2.05, 4.69) is 52.5 Å². The van der Waals surface area contributed by atoms with Crippen LogP contribution in [0, 0.1) is 6.92 Å². The lowest BCUT2D eigenvalue weighted by Crippen LogP contribution is -2.30. The third kappa shape index (κ3) is 1.74. The number of hydrogen-bond donors (Lipinski definition) is 2. The predicted octanol–water partition coefficient (Wildman–Crippen LogP) is 3.11. The molecule has 0 radical (unpaired) electrons. The smallest absolute Gasteiger partial charge is 0.0733 e. The quantitative estimate of drug-likeness (QED) is 0.708. The van der Waals surface area contributed by atoms with Crippen molar-refractivity contribution < 1.29 is 0 Å². The number of pyridine rings is 1. The Morgan fingerprint density at radius 3 is 2.85 bits per heavy atom. The van der Waals surface area contributed by atoms with Crippen LogP contribution in [0.2, 0.25) is 0 Å². The maximum absolute atomic E-state index is 4.11. The monoisotopic (exact) mass is 263 g/mol. The molecule has 0 bridgehead atoms. The topological polar surface area (TPSA) is 40.7 Å². The van der Waals surface area contributed by atoms with Crippen LogP contribution in [0.4, 0.5) is 0 Å². The van der Waals surface area contributed by atoms with Crippen molar-refractivity contribution >= 4 is 10.9 Å². The zero-order valence-electron chi connectivity index (χ0n) is 11.5. The lowest BCUT2D eigenvalue weighted by atomic mass is 9.94. The number of aryl methyl sites for hydroxylation is 1. The standard InChI is InChI=1S/C17H17N3/c1-11-2-3-15-14(10-11)13-6-9-19-16(17(13)20-15)12-4-7-18-8-5-12/h2-5,7-8,10,16,19-20H,6,9H2,1H3. The van der Waals surface area contributed by atoms with E-state index in [1.54, 1.807) is 0 Å². The van der Waals surface area contributed by atoms with Gasteiger partial charge in [-0.15, -0.1) is 0 Å². The Morgan fingerprint density at radius 1 is 1.15 bits per heavy atom. The van der Waals surface area contributed by atoms with Gasteiger partial charge in [0.05, 0.1) is 6.04 Å². The molecule has 0 aliphatic carbocycles. The molecule has 0 saturated heterocycles. The van der Waals surface area contributed by atoms with Gasteiger partial charge in [0.25, 0.3) is 0 Å². The van der Waals surface area contributed by atoms with E-state index >= 15 is 0 Å². The second-order valence-corrected chi connectivity index (χ2v) is 5.48. The van der Waals surface area contributed by atoms with Crippen LogP contribution in [-0.2, 0) is 6.42 Å². The van der Waals surface area contributed by atoms with Gasteiger partial charge in [0.15, 0.2) is 0 Å². The molecule has 3 nitrogen and oxygen atoms in total. The zero-order chi connectivity index (χ0) is 13.5. The minimum absolute atomic E-state index is 0.245. The summed E-state index contributed by atoms with van der Waals surface area (Å²) in [6.45, 7) is 3.17. The molecular formula is C17H17N3. The summed E-state index contributed by atoms with van der Waals surface area (Å²) in [5.74, 6) is 0. The number of fused-ring (bicyclic) bond motifs is 3. The summed E-state index contributed by atoms with van der Waals surface area (Å²) in [7, 11) is 0. The molecule has 0 spiro atoms. The first kappa shape index (κ1) is 11.7. The SMILES string of the molecule is Cc1ccc2[nH]c3c(c2c1)CCNC3c1ccncc1. The van der Waals surface area contributed by atoms with Crippen molar-refractivity contribution in [2.45, 2.75) is 19.4 Å². The molecule has 100 valence electrons. The fraction of sp³-hybridized carbons (Fsp3) is 0.235. The van der Waals surface area contributed by atoms with E-state index in [0.717, 1.165) is 13.0 Å². The van der Waals surface area contributed by atoms with Crippen LogP contribution in [0.3, 0.4) is 0 Å². The predicted molar refractivity (Wildman–Crippen MR) is 80.8 cm³/mol. The van der Waals surface area contributed by atoms with E-state index in [1.165, 1.54) is 33.3 Å². The van der Waals surface area contributed by atoms with Crippen LogP contribution in [0.5, 0.6) is 0 Å². The first-order valence-corrected chi connectivity index (χ1v) is 7.07. The van der Waals surface area contributed by atoms with Crippen molar-refractivity contribution in [3.63, 3.8) is 0 Å². The molecule has 0 saturated carbocycles. The molecule has 1 aromatic carbocycles. The second-order valence-electron chi connectivity index (χ2n) is 5.48. The average Bonchev–Trinajstić information content (AvgIpc) is 2.86. The van der Waals surface area contributed by atoms with Gasteiger partial charge in [-0.2, -0.15) is 0 Å². The molecule has 4 rings (SSSR count). The molecular weight excluding hydrogens is 246 g/mol. The molecule has 1 aliphatic heterocycles. The number of aromatic amines is 1. The average molecular weight is 263 g/mol. The number of nitrogens with one attached hydrogen (secondary N) is 2. The largest absolute Gasteiger partial charge is 0.357 e. The van der Waals surface area contributed by atoms with E-state index in [4.69, 9.17) is 0 Å². The highest BCUT2D eigenvalue weighted by Crippen LogP contribution is 2.33. The van der Waals surface area contributed by atoms with E-state index in [0.29, 0.717) is 0 Å². The fourth-order valence-corrected chi connectivity index (χ4v) is 3.18. The Kier molecular flexibility index (Phi) is 2.60. The molecule has 3 heteroatoms. The second kappa shape index (κ2) is 4.46. The van der Waals surface area contributed by atoms with Crippen molar-refractivity contribution in [1.29, 1.82) is 0 Å². The number of benzene rings is 1. The molecule has 0 amide bonds. The van der Waals surface area contributed by atoms with Gasteiger partial charge < -0.3 is 10.3 Å². The van der Waals surface area contributed by atoms with Gasteiger partial charge in [0.1, 0.15) is 0 Å². The Balaban J connectivity index is 1.91. The van der Waals surface area contributed by atoms with Gasteiger partial charge in [-0.05, 0) is 48.7 Å². The Hall–Kier alpha value is -2.13. The highest BCUT2D eigenvalue weighted by molar-refractivity contribution is 5.86. The third-order valence-electron chi connectivity index (χ3n) is 4.15. The van der Waals surface area contributed by atoms with Gasteiger partial charge in [-0.1, -0.05) is 11.6 Å². The van der Waals surface area contributed by atoms with Crippen molar-refractivity contribution in [2.75, 3.05) is 6.54 Å². The molecule has 2 aromatic heterocycles. The maximum Gasteiger partial charge on any atom is 0.0733 e. The zero-order valence-corrected chi connectivity index (χ0v) is 11.5. The van der Waals surface area contributed by atoms with Gasteiger partial charge in [-0.3, -0.25) is 4.98 Å². The van der Waals surface area contributed by atoms with Crippen LogP contribution >= 0.6 is 0 Å². The van der Waals surface area contributed by atoms with E-state index < -0.39 is 0 Å². The summed E-state index contributed by atoms with van der Waals surface area (Å²) in [5.41, 5.74) is 6.60. The van der Waals surface area contributed by atoms with Gasteiger partial charge in [-0.25, -0.2) is 0 Å². The minimum Gasteiger partial charge on any atom is -0.357 e. The van der Waals surface area contributed by atoms with Gasteiger partial charge >= 0.3 is 0 Å². The molecule has 1 aliphatic rings. The molecule has 3 heterocycles. The normalized spacial score (nSPS) is 18.1. The van der Waals surface area contributed by atoms with Crippen molar-refractivity contribution in [1.82, 2.24) is 15.3 Å². The number of nitrogens with zero attached hydrogens (tertiary/aromatic N) is 1. The Morgan fingerprint density at radius 2 is 2.00 bits per heavy atom. The van der Waals surface area contributed by atoms with Crippen LogP contribution in [0.25, 0.3) is 10.9 Å². The fourth-order valence-electron chi connectivity index (χ4n) is 3.18. The number of H-pyrrole nitrogens is 1. The van der Waals surface area contributed by atoms with Crippen LogP contribution < -0.4 is 5.32 Å². The van der Waals surface area contributed by atoms with Crippen molar-refractivity contribution in [3.8, 4) is 0 Å². The number of rotatable bonds is 1. The number of aromatic nitrogens is 2. The molecule has 2 N–H and O–H groups in total. The van der Waals surface area contributed by atoms with E-state index in [9.17, 15) is 0 Å². The Bertz CT molecular complexity index is 759. The molecule has 1 unspecified atom stereocenters. The van der Waals surface area contributed by atoms with Crippen molar-refractivity contribution in [3.05, 3.63) is 65.1 Å². The first-order valence-electron chi connectivity index (χ1n) is 7.07. The van der Waals surface area contributed by atoms with Crippen LogP contribution in [0.15, 0.2) is 42.7 Å². The number of hydrogen-bond acceptors (Lipinski definition) is 2. The minimum atomic E-state index is 0.245. The van der Waals surface area contributed by atoms with Crippen LogP contribution in [0.1, 0.15) is 28.4 Å². The van der Waals surface area contributed by atoms with Gasteiger partial charge in [0, 0.05) is 35.5 Å². The van der Waals surface area contributed by atoms with Crippen molar-refractivity contribution in [2.24, 2.45) is 0 Å². The Labute approximate surface area is 118 Å². The summed E-state index contributed by atoms with van der Waals surface area (Å²) in [6.07, 6.45) is 4.80. The van der Waals surface area contributed by atoms with Gasteiger partial charge in [0.2, 0.25) is 0 Å². The summed E-state index contributed by atoms with van der Waals surface area (Å²) >= 11 is 0. The summed E-state index contributed by atoms with van der Waals surface area (Å²) in [4.78, 5) is 7.72. The highest BCUT2D eigenvalue weighted by Gasteiger charge is 2.24. The summed E-state index contributed by atoms with van der Waals surface area (Å²) in [6, 6.07) is 11.1. The molecule has 0 fully saturated rings. The van der Waals surface area contributed by atoms with Crippen LogP contribution in [-0.4, -0.2) is 16.5 Å². The molecule has 1 atom stereocenters. The maximum atomic E-state index is 4.11. The third-order valence-corrected chi connectivity index (χ3v) is 4.15. The first-order chi connectivity index (χ1) is 9.83. The lowest BCUT2D eigenvalue weighted by Gasteiger charge is -2.24. The lowest BCUT2D eigenvalue weighted by molar-refractivity contribution is 0.560. The summed E-state index contributed by atoms with van der Waals surface area (Å²) < 4.78 is 0. The highest BCUT2D eigenvalue weighted by atomic mass is 15.0. The molecule has 3 aromatic rings.